The Hall–Kier alpha value is -1.19. The Morgan fingerprint density at radius 3 is 2.34 bits per heavy atom. The van der Waals surface area contributed by atoms with Gasteiger partial charge in [-0.05, 0) is 90.8 Å². The largest absolute Gasteiger partial charge is 0.315 e. The maximum Gasteiger partial charge on any atom is 0.162 e. The van der Waals surface area contributed by atoms with Crippen molar-refractivity contribution in [3.8, 4) is 0 Å². The van der Waals surface area contributed by atoms with Gasteiger partial charge in [-0.1, -0.05) is 0 Å². The van der Waals surface area contributed by atoms with Crippen molar-refractivity contribution in [1.82, 2.24) is 26.2 Å². The predicted octanol–water partition coefficient (Wildman–Crippen LogP) is 2.51. The highest BCUT2D eigenvalue weighted by Crippen LogP contribution is 2.22. The zero-order valence-corrected chi connectivity index (χ0v) is 20.2. The summed E-state index contributed by atoms with van der Waals surface area (Å²) >= 11 is 0. The molecule has 2 atom stereocenters. The molecule has 1 saturated heterocycles. The summed E-state index contributed by atoms with van der Waals surface area (Å²) in [5, 5.41) is 13.9. The molecular formula is C24H42F3N5. The van der Waals surface area contributed by atoms with Crippen molar-refractivity contribution in [3.63, 3.8) is 0 Å². The van der Waals surface area contributed by atoms with Crippen LogP contribution in [0.3, 0.4) is 0 Å². The van der Waals surface area contributed by atoms with Crippen LogP contribution in [0.1, 0.15) is 39.2 Å². The molecule has 2 rings (SSSR count). The molecule has 1 aromatic rings. The molecule has 1 aromatic carbocycles. The van der Waals surface area contributed by atoms with Crippen LogP contribution in [0.25, 0.3) is 0 Å². The van der Waals surface area contributed by atoms with Gasteiger partial charge in [0.2, 0.25) is 0 Å². The smallest absolute Gasteiger partial charge is 0.162 e. The fourth-order valence-electron chi connectivity index (χ4n) is 4.04. The van der Waals surface area contributed by atoms with Gasteiger partial charge in [0.05, 0.1) is 0 Å². The normalized spacial score (nSPS) is 25.7. The first-order valence-electron chi connectivity index (χ1n) is 11.9. The van der Waals surface area contributed by atoms with Crippen LogP contribution in [0.5, 0.6) is 0 Å². The van der Waals surface area contributed by atoms with E-state index in [-0.39, 0.29) is 23.1 Å². The standard InChI is InChI=1S/C24H42F3N5/c1-18-24(2,3)32(4)13-6-19(14-20-15-21(25)16-22(26)23(20)27)17-30-10-9-28-7-5-8-29-11-12-31-18/h15-16,18-19,28-31H,5-14,17H2,1-4H3. The van der Waals surface area contributed by atoms with E-state index in [1.165, 1.54) is 0 Å². The maximum atomic E-state index is 14.3. The quantitative estimate of drug-likeness (QED) is 0.515. The van der Waals surface area contributed by atoms with E-state index < -0.39 is 17.5 Å². The first kappa shape index (κ1) is 27.1. The van der Waals surface area contributed by atoms with Gasteiger partial charge in [-0.25, -0.2) is 13.2 Å². The van der Waals surface area contributed by atoms with E-state index in [1.807, 2.05) is 0 Å². The van der Waals surface area contributed by atoms with Crippen LogP contribution in [0.2, 0.25) is 0 Å². The van der Waals surface area contributed by atoms with Gasteiger partial charge < -0.3 is 21.3 Å². The van der Waals surface area contributed by atoms with E-state index in [0.29, 0.717) is 19.0 Å². The van der Waals surface area contributed by atoms with E-state index in [2.05, 4.69) is 54.0 Å². The van der Waals surface area contributed by atoms with Gasteiger partial charge in [0, 0.05) is 43.8 Å². The molecule has 0 bridgehead atoms. The van der Waals surface area contributed by atoms with Crippen molar-refractivity contribution < 1.29 is 13.2 Å². The van der Waals surface area contributed by atoms with Crippen LogP contribution in [0.4, 0.5) is 13.2 Å². The van der Waals surface area contributed by atoms with Crippen molar-refractivity contribution >= 4 is 0 Å². The number of halogens is 3. The third kappa shape index (κ3) is 8.63. The molecule has 1 aliphatic rings. The molecule has 32 heavy (non-hydrogen) atoms. The van der Waals surface area contributed by atoms with E-state index in [1.54, 1.807) is 0 Å². The molecule has 0 saturated carbocycles. The lowest BCUT2D eigenvalue weighted by molar-refractivity contribution is 0.108. The Labute approximate surface area is 191 Å². The monoisotopic (exact) mass is 457 g/mol. The van der Waals surface area contributed by atoms with Gasteiger partial charge in [0.1, 0.15) is 5.82 Å². The van der Waals surface area contributed by atoms with Crippen LogP contribution >= 0.6 is 0 Å². The summed E-state index contributed by atoms with van der Waals surface area (Å²) in [7, 11) is 2.10. The maximum absolute atomic E-state index is 14.3. The summed E-state index contributed by atoms with van der Waals surface area (Å²) < 4.78 is 41.7. The van der Waals surface area contributed by atoms with E-state index in [9.17, 15) is 13.2 Å². The zero-order valence-electron chi connectivity index (χ0n) is 20.2. The number of hydrogen-bond donors (Lipinski definition) is 4. The van der Waals surface area contributed by atoms with E-state index in [0.717, 1.165) is 64.7 Å². The second-order valence-electron chi connectivity index (χ2n) is 9.53. The average molecular weight is 458 g/mol. The van der Waals surface area contributed by atoms with Gasteiger partial charge in [-0.2, -0.15) is 0 Å². The predicted molar refractivity (Wildman–Crippen MR) is 126 cm³/mol. The minimum atomic E-state index is -1.12. The lowest BCUT2D eigenvalue weighted by Crippen LogP contribution is -2.56. The molecule has 1 aliphatic heterocycles. The molecule has 4 N–H and O–H groups in total. The molecule has 5 nitrogen and oxygen atoms in total. The second kappa shape index (κ2) is 13.5. The third-order valence-corrected chi connectivity index (χ3v) is 6.86. The van der Waals surface area contributed by atoms with Gasteiger partial charge in [0.25, 0.3) is 0 Å². The van der Waals surface area contributed by atoms with Crippen molar-refractivity contribution in [2.24, 2.45) is 5.92 Å². The molecule has 1 heterocycles. The molecule has 0 spiro atoms. The Morgan fingerprint density at radius 1 is 0.969 bits per heavy atom. The highest BCUT2D eigenvalue weighted by atomic mass is 19.2. The van der Waals surface area contributed by atoms with Gasteiger partial charge >= 0.3 is 0 Å². The highest BCUT2D eigenvalue weighted by molar-refractivity contribution is 5.21. The zero-order chi connectivity index (χ0) is 23.6. The fraction of sp³-hybridized carbons (Fsp3) is 0.750. The van der Waals surface area contributed by atoms with E-state index in [4.69, 9.17) is 0 Å². The molecule has 2 unspecified atom stereocenters. The molecular weight excluding hydrogens is 415 g/mol. The first-order valence-corrected chi connectivity index (χ1v) is 11.9. The molecule has 184 valence electrons. The number of nitrogens with zero attached hydrogens (tertiary/aromatic N) is 1. The minimum Gasteiger partial charge on any atom is -0.315 e. The fourth-order valence-corrected chi connectivity index (χ4v) is 4.04. The molecule has 0 radical (unpaired) electrons. The molecule has 0 aromatic heterocycles. The van der Waals surface area contributed by atoms with Crippen molar-refractivity contribution in [1.29, 1.82) is 0 Å². The second-order valence-corrected chi connectivity index (χ2v) is 9.53. The molecule has 8 heteroatoms. The summed E-state index contributed by atoms with van der Waals surface area (Å²) in [6, 6.07) is 2.01. The number of hydrogen-bond acceptors (Lipinski definition) is 5. The Bertz CT molecular complexity index is 686. The molecule has 0 amide bonds. The lowest BCUT2D eigenvalue weighted by atomic mass is 9.91. The summed E-state index contributed by atoms with van der Waals surface area (Å²) in [5.74, 6) is -2.73. The van der Waals surface area contributed by atoms with Gasteiger partial charge in [-0.15, -0.1) is 0 Å². The van der Waals surface area contributed by atoms with Crippen LogP contribution in [0.15, 0.2) is 12.1 Å². The van der Waals surface area contributed by atoms with Crippen LogP contribution in [-0.4, -0.2) is 75.9 Å². The topological polar surface area (TPSA) is 51.4 Å². The number of nitrogens with one attached hydrogen (secondary N) is 4. The third-order valence-electron chi connectivity index (χ3n) is 6.86. The van der Waals surface area contributed by atoms with Gasteiger partial charge in [-0.3, -0.25) is 4.90 Å². The summed E-state index contributed by atoms with van der Waals surface area (Å²) in [5.41, 5.74) is 0.0304. The van der Waals surface area contributed by atoms with Gasteiger partial charge in [0.15, 0.2) is 11.6 Å². The molecule has 1 fully saturated rings. The average Bonchev–Trinajstić information content (AvgIpc) is 2.74. The van der Waals surface area contributed by atoms with Crippen LogP contribution < -0.4 is 21.3 Å². The summed E-state index contributed by atoms with van der Waals surface area (Å²) in [6.45, 7) is 13.5. The highest BCUT2D eigenvalue weighted by Gasteiger charge is 2.30. The number of rotatable bonds is 2. The minimum absolute atomic E-state index is 0.0651. The molecule has 0 aliphatic carbocycles. The summed E-state index contributed by atoms with van der Waals surface area (Å²) in [6.07, 6.45) is 2.16. The van der Waals surface area contributed by atoms with Crippen LogP contribution in [0, 0.1) is 23.4 Å². The Balaban J connectivity index is 2.08. The Morgan fingerprint density at radius 2 is 1.62 bits per heavy atom. The number of likely N-dealkylation sites (N-methyl/N-ethyl adjacent to an activating group) is 1. The van der Waals surface area contributed by atoms with Crippen molar-refractivity contribution in [3.05, 3.63) is 35.1 Å². The Kier molecular flexibility index (Phi) is 11.4. The van der Waals surface area contributed by atoms with Crippen molar-refractivity contribution in [2.45, 2.75) is 51.6 Å². The number of benzene rings is 1. The van der Waals surface area contributed by atoms with Crippen molar-refractivity contribution in [2.75, 3.05) is 59.4 Å². The van der Waals surface area contributed by atoms with E-state index >= 15 is 0 Å². The SMILES string of the molecule is CC1NCCNCCCNCCNCC(Cc2cc(F)cc(F)c2F)CCN(C)C1(C)C. The lowest BCUT2D eigenvalue weighted by Gasteiger charge is -2.41. The first-order chi connectivity index (χ1) is 15.2. The van der Waals surface area contributed by atoms with Crippen LogP contribution in [-0.2, 0) is 6.42 Å². The summed E-state index contributed by atoms with van der Waals surface area (Å²) in [4.78, 5) is 2.32.